The molecule has 2 N–H and O–H groups in total. The predicted molar refractivity (Wildman–Crippen MR) is 113 cm³/mol. The van der Waals surface area contributed by atoms with E-state index in [1.165, 1.54) is 13.2 Å². The minimum Gasteiger partial charge on any atom is -0.506 e. The van der Waals surface area contributed by atoms with Crippen LogP contribution in [-0.2, 0) is 11.3 Å². The summed E-state index contributed by atoms with van der Waals surface area (Å²) < 4.78 is 18.7. The number of ether oxygens (including phenoxy) is 1. The number of aromatic hydroxyl groups is 1. The monoisotopic (exact) mass is 409 g/mol. The van der Waals surface area contributed by atoms with E-state index in [1.54, 1.807) is 24.3 Å². The molecule has 0 atom stereocenters. The van der Waals surface area contributed by atoms with Crippen LogP contribution in [0.1, 0.15) is 18.4 Å². The number of aromatic nitrogens is 1. The first kappa shape index (κ1) is 19.9. The van der Waals surface area contributed by atoms with E-state index in [0.717, 1.165) is 11.2 Å². The van der Waals surface area contributed by atoms with E-state index in [0.29, 0.717) is 37.0 Å². The van der Waals surface area contributed by atoms with Gasteiger partial charge in [-0.15, -0.1) is 0 Å². The van der Waals surface area contributed by atoms with Gasteiger partial charge in [0.1, 0.15) is 17.1 Å². The van der Waals surface area contributed by atoms with E-state index in [4.69, 9.17) is 4.74 Å². The highest BCUT2D eigenvalue weighted by molar-refractivity contribution is 5.85. The number of anilines is 1. The van der Waals surface area contributed by atoms with E-state index < -0.39 is 5.82 Å². The second-order valence-electron chi connectivity index (χ2n) is 7.47. The second-order valence-corrected chi connectivity index (χ2v) is 7.47. The average Bonchev–Trinajstić information content (AvgIpc) is 2.78. The molecule has 4 rings (SSSR count). The summed E-state index contributed by atoms with van der Waals surface area (Å²) in [6.07, 6.45) is 1.42. The van der Waals surface area contributed by atoms with Gasteiger partial charge in [-0.1, -0.05) is 18.2 Å². The minimum absolute atomic E-state index is 0.0185. The largest absolute Gasteiger partial charge is 0.506 e. The standard InChI is InChI=1S/C23H24FN3O3/c1-30-20-7-5-15(13-18(20)24)14-25-23(29)17-9-11-27(12-10-17)21-8-6-16-3-2-4-19(28)22(16)26-21/h2-8,13,17,28H,9-12,14H2,1H3,(H,25,29). The molecule has 1 aromatic heterocycles. The third kappa shape index (κ3) is 4.15. The van der Waals surface area contributed by atoms with Crippen LogP contribution in [0.3, 0.4) is 0 Å². The number of phenolic OH excluding ortho intramolecular Hbond substituents is 1. The fourth-order valence-corrected chi connectivity index (χ4v) is 3.82. The van der Waals surface area contributed by atoms with Gasteiger partial charge in [0.05, 0.1) is 7.11 Å². The summed E-state index contributed by atoms with van der Waals surface area (Å²) in [6, 6.07) is 13.9. The number of rotatable bonds is 5. The molecule has 1 aliphatic rings. The zero-order valence-corrected chi connectivity index (χ0v) is 16.8. The normalized spacial score (nSPS) is 14.7. The van der Waals surface area contributed by atoms with E-state index in [2.05, 4.69) is 15.2 Å². The van der Waals surface area contributed by atoms with Gasteiger partial charge in [-0.2, -0.15) is 0 Å². The number of hydrogen-bond donors (Lipinski definition) is 2. The number of carbonyl (C=O) groups is 1. The maximum Gasteiger partial charge on any atom is 0.223 e. The molecule has 7 heteroatoms. The molecule has 0 radical (unpaired) electrons. The average molecular weight is 409 g/mol. The summed E-state index contributed by atoms with van der Waals surface area (Å²) in [4.78, 5) is 19.3. The van der Waals surface area contributed by atoms with Crippen LogP contribution >= 0.6 is 0 Å². The number of halogens is 1. The fraction of sp³-hybridized carbons (Fsp3) is 0.304. The number of phenols is 1. The van der Waals surface area contributed by atoms with Gasteiger partial charge in [0.2, 0.25) is 5.91 Å². The van der Waals surface area contributed by atoms with E-state index in [-0.39, 0.29) is 29.9 Å². The van der Waals surface area contributed by atoms with Crippen LogP contribution in [0.4, 0.5) is 10.2 Å². The van der Waals surface area contributed by atoms with Crippen LogP contribution in [0.5, 0.6) is 11.5 Å². The summed E-state index contributed by atoms with van der Waals surface area (Å²) in [5.41, 5.74) is 1.28. The van der Waals surface area contributed by atoms with Gasteiger partial charge in [0.25, 0.3) is 0 Å². The van der Waals surface area contributed by atoms with Gasteiger partial charge < -0.3 is 20.1 Å². The van der Waals surface area contributed by atoms with Crippen LogP contribution in [-0.4, -0.2) is 36.2 Å². The molecule has 0 saturated carbocycles. The van der Waals surface area contributed by atoms with Gasteiger partial charge in [0, 0.05) is 30.9 Å². The number of para-hydroxylation sites is 1. The summed E-state index contributed by atoms with van der Waals surface area (Å²) in [6.45, 7) is 1.70. The van der Waals surface area contributed by atoms with Gasteiger partial charge in [0.15, 0.2) is 11.6 Å². The zero-order chi connectivity index (χ0) is 21.1. The Morgan fingerprint density at radius 1 is 1.23 bits per heavy atom. The van der Waals surface area contributed by atoms with Crippen molar-refractivity contribution in [3.05, 3.63) is 59.9 Å². The summed E-state index contributed by atoms with van der Waals surface area (Å²) >= 11 is 0. The molecule has 0 unspecified atom stereocenters. The number of piperidine rings is 1. The van der Waals surface area contributed by atoms with Gasteiger partial charge in [-0.05, 0) is 48.7 Å². The zero-order valence-electron chi connectivity index (χ0n) is 16.8. The van der Waals surface area contributed by atoms with Crippen LogP contribution in [0.15, 0.2) is 48.5 Å². The number of nitrogens with one attached hydrogen (secondary N) is 1. The van der Waals surface area contributed by atoms with Gasteiger partial charge in [-0.3, -0.25) is 4.79 Å². The Morgan fingerprint density at radius 2 is 2.03 bits per heavy atom. The van der Waals surface area contributed by atoms with E-state index in [9.17, 15) is 14.3 Å². The van der Waals surface area contributed by atoms with Crippen molar-refractivity contribution in [2.45, 2.75) is 19.4 Å². The molecule has 1 fully saturated rings. The molecule has 3 aromatic rings. The van der Waals surface area contributed by atoms with Crippen molar-refractivity contribution in [1.82, 2.24) is 10.3 Å². The molecule has 156 valence electrons. The molecular weight excluding hydrogens is 385 g/mol. The molecule has 0 aliphatic carbocycles. The highest BCUT2D eigenvalue weighted by Gasteiger charge is 2.25. The lowest BCUT2D eigenvalue weighted by atomic mass is 9.95. The Balaban J connectivity index is 1.33. The predicted octanol–water partition coefficient (Wildman–Crippen LogP) is 3.62. The smallest absolute Gasteiger partial charge is 0.223 e. The topological polar surface area (TPSA) is 74.7 Å². The molecule has 1 amide bonds. The summed E-state index contributed by atoms with van der Waals surface area (Å²) in [7, 11) is 1.42. The fourth-order valence-electron chi connectivity index (χ4n) is 3.82. The van der Waals surface area contributed by atoms with E-state index >= 15 is 0 Å². The molecule has 2 heterocycles. The van der Waals surface area contributed by atoms with Crippen molar-refractivity contribution in [1.29, 1.82) is 0 Å². The maximum atomic E-state index is 13.8. The van der Waals surface area contributed by atoms with Crippen LogP contribution in [0, 0.1) is 11.7 Å². The SMILES string of the molecule is COc1ccc(CNC(=O)C2CCN(c3ccc4cccc(O)c4n3)CC2)cc1F. The van der Waals surface area contributed by atoms with E-state index in [1.807, 2.05) is 18.2 Å². The molecule has 6 nitrogen and oxygen atoms in total. The lowest BCUT2D eigenvalue weighted by molar-refractivity contribution is -0.125. The first-order valence-electron chi connectivity index (χ1n) is 9.99. The Morgan fingerprint density at radius 3 is 2.77 bits per heavy atom. The molecule has 1 saturated heterocycles. The number of nitrogens with zero attached hydrogens (tertiary/aromatic N) is 2. The van der Waals surface area contributed by atoms with Gasteiger partial charge >= 0.3 is 0 Å². The number of amides is 1. The van der Waals surface area contributed by atoms with Gasteiger partial charge in [-0.25, -0.2) is 9.37 Å². The lowest BCUT2D eigenvalue weighted by Gasteiger charge is -2.32. The number of pyridine rings is 1. The lowest BCUT2D eigenvalue weighted by Crippen LogP contribution is -2.40. The first-order chi connectivity index (χ1) is 14.5. The number of hydrogen-bond acceptors (Lipinski definition) is 5. The Bertz CT molecular complexity index is 1060. The Kier molecular flexibility index (Phi) is 5.70. The number of carbonyl (C=O) groups excluding carboxylic acids is 1. The number of fused-ring (bicyclic) bond motifs is 1. The first-order valence-corrected chi connectivity index (χ1v) is 9.99. The van der Waals surface area contributed by atoms with Crippen molar-refractivity contribution in [2.75, 3.05) is 25.1 Å². The highest BCUT2D eigenvalue weighted by atomic mass is 19.1. The summed E-state index contributed by atoms with van der Waals surface area (Å²) in [5.74, 6) is 0.614. The molecular formula is C23H24FN3O3. The van der Waals surface area contributed by atoms with Crippen LogP contribution in [0.25, 0.3) is 10.9 Å². The maximum absolute atomic E-state index is 13.8. The molecule has 1 aliphatic heterocycles. The number of benzene rings is 2. The van der Waals surface area contributed by atoms with Crippen molar-refractivity contribution in [2.24, 2.45) is 5.92 Å². The quantitative estimate of drug-likeness (QED) is 0.673. The molecule has 30 heavy (non-hydrogen) atoms. The Hall–Kier alpha value is -3.35. The molecule has 0 bridgehead atoms. The molecule has 2 aromatic carbocycles. The molecule has 0 spiro atoms. The van der Waals surface area contributed by atoms with Crippen LogP contribution < -0.4 is 15.0 Å². The third-order valence-corrected chi connectivity index (χ3v) is 5.56. The Labute approximate surface area is 174 Å². The third-order valence-electron chi connectivity index (χ3n) is 5.56. The van der Waals surface area contributed by atoms with Crippen LogP contribution in [0.2, 0.25) is 0 Å². The highest BCUT2D eigenvalue weighted by Crippen LogP contribution is 2.28. The van der Waals surface area contributed by atoms with Crippen molar-refractivity contribution >= 4 is 22.6 Å². The number of methoxy groups -OCH3 is 1. The summed E-state index contributed by atoms with van der Waals surface area (Å²) in [5, 5.41) is 13.8. The second kappa shape index (κ2) is 8.57. The van der Waals surface area contributed by atoms with Crippen molar-refractivity contribution in [3.63, 3.8) is 0 Å². The van der Waals surface area contributed by atoms with Crippen molar-refractivity contribution in [3.8, 4) is 11.5 Å². The minimum atomic E-state index is -0.438. The van der Waals surface area contributed by atoms with Crippen molar-refractivity contribution < 1.29 is 19.0 Å².